The summed E-state index contributed by atoms with van der Waals surface area (Å²) in [4.78, 5) is 1.52. The molecule has 0 spiro atoms. The topological polar surface area (TPSA) is 52.9 Å². The lowest BCUT2D eigenvalue weighted by atomic mass is 9.80. The highest BCUT2D eigenvalue weighted by atomic mass is 32.1. The third-order valence-electron chi connectivity index (χ3n) is 1.82. The molecule has 86 valence electrons. The smallest absolute Gasteiger partial charge is 0.429 e. The first-order valence-corrected chi connectivity index (χ1v) is 4.87. The highest BCUT2D eigenvalue weighted by Gasteiger charge is 2.15. The lowest BCUT2D eigenvalue weighted by Crippen LogP contribution is -2.30. The van der Waals surface area contributed by atoms with E-state index in [0.29, 0.717) is 0 Å². The van der Waals surface area contributed by atoms with Crippen molar-refractivity contribution in [1.29, 1.82) is 0 Å². The summed E-state index contributed by atoms with van der Waals surface area (Å²) in [5.74, 6) is -0.752. The lowest BCUT2D eigenvalue weighted by Gasteiger charge is -2.14. The fourth-order valence-electron chi connectivity index (χ4n) is 0.946. The summed E-state index contributed by atoms with van der Waals surface area (Å²) >= 11 is 4.84. The van der Waals surface area contributed by atoms with Crippen molar-refractivity contribution in [3.8, 4) is 5.75 Å². The zero-order valence-electron chi connectivity index (χ0n) is 8.85. The molecule has 16 heavy (non-hydrogen) atoms. The molecule has 0 radical (unpaired) electrons. The van der Waals surface area contributed by atoms with Crippen LogP contribution in [0.2, 0.25) is 0 Å². The van der Waals surface area contributed by atoms with Gasteiger partial charge in [0.05, 0.1) is 0 Å². The number of hydrogen-bond acceptors (Lipinski definition) is 4. The minimum absolute atomic E-state index is 0.0527. The molecule has 0 aliphatic rings. The van der Waals surface area contributed by atoms with Crippen molar-refractivity contribution in [2.45, 2.75) is 0 Å². The Morgan fingerprint density at radius 3 is 2.50 bits per heavy atom. The predicted molar refractivity (Wildman–Crippen MR) is 63.1 cm³/mol. The minimum atomic E-state index is -1.70. The van der Waals surface area contributed by atoms with Crippen LogP contribution in [0, 0.1) is 5.82 Å². The Bertz CT molecular complexity index is 400. The molecule has 0 aromatic heterocycles. The van der Waals surface area contributed by atoms with Gasteiger partial charge in [-0.25, -0.2) is 4.39 Å². The highest BCUT2D eigenvalue weighted by molar-refractivity contribution is 7.80. The summed E-state index contributed by atoms with van der Waals surface area (Å²) in [5.41, 5.74) is 0.0561. The molecular formula is C9H11BFNO3S. The Labute approximate surface area is 98.4 Å². The fourth-order valence-corrected chi connectivity index (χ4v) is 1.04. The zero-order chi connectivity index (χ0) is 12.3. The number of ether oxygens (including phenoxy) is 1. The van der Waals surface area contributed by atoms with Gasteiger partial charge in [0.1, 0.15) is 0 Å². The van der Waals surface area contributed by atoms with E-state index in [2.05, 4.69) is 0 Å². The SMILES string of the molecule is CN(C)C(=S)Oc1ccc(B(O)O)cc1F. The maximum Gasteiger partial charge on any atom is 0.488 e. The third-order valence-corrected chi connectivity index (χ3v) is 2.26. The van der Waals surface area contributed by atoms with Crippen molar-refractivity contribution in [3.05, 3.63) is 24.0 Å². The molecule has 0 aliphatic heterocycles. The summed E-state index contributed by atoms with van der Waals surface area (Å²) < 4.78 is 18.5. The standard InChI is InChI=1S/C9H11BFNO3S/c1-12(2)9(16)15-8-4-3-6(10(13)14)5-7(8)11/h3-5,13-14H,1-2H3. The molecule has 1 aromatic carbocycles. The second-order valence-electron chi connectivity index (χ2n) is 3.33. The molecule has 4 nitrogen and oxygen atoms in total. The van der Waals surface area contributed by atoms with Gasteiger partial charge in [0.15, 0.2) is 11.6 Å². The average Bonchev–Trinajstić information content (AvgIpc) is 2.20. The zero-order valence-corrected chi connectivity index (χ0v) is 9.66. The van der Waals surface area contributed by atoms with E-state index in [4.69, 9.17) is 27.0 Å². The van der Waals surface area contributed by atoms with Gasteiger partial charge in [-0.1, -0.05) is 6.07 Å². The van der Waals surface area contributed by atoms with Crippen LogP contribution in [0.25, 0.3) is 0 Å². The van der Waals surface area contributed by atoms with Gasteiger partial charge in [-0.3, -0.25) is 0 Å². The van der Waals surface area contributed by atoms with Gasteiger partial charge in [-0.2, -0.15) is 0 Å². The van der Waals surface area contributed by atoms with E-state index in [1.807, 2.05) is 0 Å². The summed E-state index contributed by atoms with van der Waals surface area (Å²) in [5, 5.41) is 17.8. The molecule has 0 fully saturated rings. The number of nitrogens with zero attached hydrogens (tertiary/aromatic N) is 1. The minimum Gasteiger partial charge on any atom is -0.429 e. The highest BCUT2D eigenvalue weighted by Crippen LogP contribution is 2.15. The Morgan fingerprint density at radius 1 is 1.44 bits per heavy atom. The molecule has 1 rings (SSSR count). The molecule has 1 aromatic rings. The van der Waals surface area contributed by atoms with Crippen molar-refractivity contribution < 1.29 is 19.2 Å². The molecule has 0 saturated carbocycles. The first-order valence-electron chi connectivity index (χ1n) is 4.46. The first-order chi connectivity index (χ1) is 7.41. The number of halogens is 1. The van der Waals surface area contributed by atoms with Crippen LogP contribution in [-0.2, 0) is 0 Å². The second kappa shape index (κ2) is 5.24. The Morgan fingerprint density at radius 2 is 2.06 bits per heavy atom. The maximum absolute atomic E-state index is 13.4. The molecule has 0 heterocycles. The van der Waals surface area contributed by atoms with Crippen molar-refractivity contribution in [2.24, 2.45) is 0 Å². The summed E-state index contributed by atoms with van der Waals surface area (Å²) in [7, 11) is 1.64. The molecule has 0 bridgehead atoms. The Kier molecular flexibility index (Phi) is 4.22. The van der Waals surface area contributed by atoms with E-state index in [0.717, 1.165) is 6.07 Å². The average molecular weight is 243 g/mol. The molecule has 0 aliphatic carbocycles. The van der Waals surface area contributed by atoms with E-state index in [9.17, 15) is 4.39 Å². The summed E-state index contributed by atoms with van der Waals surface area (Å²) in [6.45, 7) is 0. The van der Waals surface area contributed by atoms with E-state index in [1.165, 1.54) is 17.0 Å². The van der Waals surface area contributed by atoms with Gasteiger partial charge >= 0.3 is 7.12 Å². The van der Waals surface area contributed by atoms with E-state index in [1.54, 1.807) is 14.1 Å². The molecule has 7 heteroatoms. The predicted octanol–water partition coefficient (Wildman–Crippen LogP) is -0.269. The van der Waals surface area contributed by atoms with Crippen LogP contribution >= 0.6 is 12.2 Å². The van der Waals surface area contributed by atoms with Crippen LogP contribution in [0.1, 0.15) is 0 Å². The fraction of sp³-hybridized carbons (Fsp3) is 0.222. The molecule has 2 N–H and O–H groups in total. The Balaban J connectivity index is 2.87. The molecular weight excluding hydrogens is 232 g/mol. The molecule has 0 amide bonds. The monoisotopic (exact) mass is 243 g/mol. The van der Waals surface area contributed by atoms with E-state index in [-0.39, 0.29) is 16.4 Å². The van der Waals surface area contributed by atoms with Crippen molar-refractivity contribution in [1.82, 2.24) is 4.90 Å². The van der Waals surface area contributed by atoms with Gasteiger partial charge in [0, 0.05) is 14.1 Å². The lowest BCUT2D eigenvalue weighted by molar-refractivity contribution is 0.420. The van der Waals surface area contributed by atoms with Gasteiger partial charge < -0.3 is 19.7 Å². The van der Waals surface area contributed by atoms with Gasteiger partial charge in [0.25, 0.3) is 5.17 Å². The van der Waals surface area contributed by atoms with Gasteiger partial charge in [0.2, 0.25) is 0 Å². The van der Waals surface area contributed by atoms with Gasteiger partial charge in [-0.05, 0) is 29.8 Å². The third kappa shape index (κ3) is 3.16. The molecule has 0 atom stereocenters. The number of rotatable bonds is 2. The first kappa shape index (κ1) is 12.9. The molecule has 0 saturated heterocycles. The van der Waals surface area contributed by atoms with Crippen LogP contribution in [-0.4, -0.2) is 41.3 Å². The van der Waals surface area contributed by atoms with Crippen LogP contribution in [0.4, 0.5) is 4.39 Å². The van der Waals surface area contributed by atoms with Crippen molar-refractivity contribution in [2.75, 3.05) is 14.1 Å². The van der Waals surface area contributed by atoms with E-state index < -0.39 is 12.9 Å². The summed E-state index contributed by atoms with van der Waals surface area (Å²) in [6.07, 6.45) is 0. The summed E-state index contributed by atoms with van der Waals surface area (Å²) in [6, 6.07) is 3.62. The molecule has 0 unspecified atom stereocenters. The quantitative estimate of drug-likeness (QED) is 0.553. The number of thiocarbonyl (C=S) groups is 1. The second-order valence-corrected chi connectivity index (χ2v) is 3.68. The van der Waals surface area contributed by atoms with Crippen LogP contribution in [0.5, 0.6) is 5.75 Å². The van der Waals surface area contributed by atoms with E-state index >= 15 is 0 Å². The van der Waals surface area contributed by atoms with Crippen LogP contribution in [0.3, 0.4) is 0 Å². The van der Waals surface area contributed by atoms with Gasteiger partial charge in [-0.15, -0.1) is 0 Å². The largest absolute Gasteiger partial charge is 0.488 e. The van der Waals surface area contributed by atoms with Crippen LogP contribution < -0.4 is 10.2 Å². The Hall–Kier alpha value is -1.18. The normalized spacial score (nSPS) is 9.81. The van der Waals surface area contributed by atoms with Crippen molar-refractivity contribution >= 4 is 30.0 Å². The van der Waals surface area contributed by atoms with Crippen molar-refractivity contribution in [3.63, 3.8) is 0 Å². The number of benzene rings is 1. The van der Waals surface area contributed by atoms with Crippen LogP contribution in [0.15, 0.2) is 18.2 Å². The number of hydrogen-bond donors (Lipinski definition) is 2. The maximum atomic E-state index is 13.4.